The third-order valence-electron chi connectivity index (χ3n) is 5.34. The quantitative estimate of drug-likeness (QED) is 0.397. The number of carbonyl (C=O) groups excluding carboxylic acids is 2. The molecule has 0 aliphatic carbocycles. The van der Waals surface area contributed by atoms with Crippen molar-refractivity contribution in [2.75, 3.05) is 18.8 Å². The lowest BCUT2D eigenvalue weighted by molar-refractivity contribution is -0.138. The Morgan fingerprint density at radius 1 is 1.24 bits per heavy atom. The maximum Gasteiger partial charge on any atom is 0.516 e. The van der Waals surface area contributed by atoms with Crippen molar-refractivity contribution in [3.8, 4) is 0 Å². The Bertz CT molecular complexity index is 1110. The standard InChI is InChI=1S/C21H26Cl2N2O7S/c1-11-14(18(26)31-19(27)32-20(2,3)4)15(12-6-5-7-13(22)16(12)23)17-21(28,25-11)10-24-8-9-33(17,29)30/h5-7,15,17,24-25,28H,8-10H2,1-4H3. The number of carbonyl (C=O) groups is 2. The fourth-order valence-electron chi connectivity index (χ4n) is 4.15. The molecule has 0 spiro atoms. The summed E-state index contributed by atoms with van der Waals surface area (Å²) in [7, 11) is -3.99. The molecule has 0 amide bonds. The predicted octanol–water partition coefficient (Wildman–Crippen LogP) is 2.51. The third-order valence-corrected chi connectivity index (χ3v) is 8.38. The van der Waals surface area contributed by atoms with Crippen LogP contribution >= 0.6 is 23.2 Å². The average molecular weight is 521 g/mol. The second kappa shape index (κ2) is 9.07. The molecule has 3 N–H and O–H groups in total. The highest BCUT2D eigenvalue weighted by Gasteiger charge is 2.57. The Morgan fingerprint density at radius 3 is 2.55 bits per heavy atom. The van der Waals surface area contributed by atoms with E-state index in [4.69, 9.17) is 32.7 Å². The van der Waals surface area contributed by atoms with E-state index in [1.165, 1.54) is 19.1 Å². The number of rotatable bonds is 2. The van der Waals surface area contributed by atoms with Gasteiger partial charge >= 0.3 is 12.1 Å². The monoisotopic (exact) mass is 520 g/mol. The minimum Gasteiger partial charge on any atom is -0.428 e. The van der Waals surface area contributed by atoms with Crippen LogP contribution in [-0.2, 0) is 24.1 Å². The number of benzene rings is 1. The number of halogens is 2. The molecule has 2 aliphatic heterocycles. The van der Waals surface area contributed by atoms with Crippen LogP contribution in [0.4, 0.5) is 4.79 Å². The molecule has 182 valence electrons. The van der Waals surface area contributed by atoms with Crippen molar-refractivity contribution >= 4 is 45.2 Å². The van der Waals surface area contributed by atoms with Gasteiger partial charge in [-0.25, -0.2) is 18.0 Å². The van der Waals surface area contributed by atoms with Gasteiger partial charge in [0.2, 0.25) is 0 Å². The molecule has 3 rings (SSSR count). The van der Waals surface area contributed by atoms with Crippen molar-refractivity contribution in [1.82, 2.24) is 10.6 Å². The molecule has 0 radical (unpaired) electrons. The molecule has 2 heterocycles. The topological polar surface area (TPSA) is 131 Å². The van der Waals surface area contributed by atoms with E-state index in [1.807, 2.05) is 0 Å². The number of sulfone groups is 1. The summed E-state index contributed by atoms with van der Waals surface area (Å²) in [6.07, 6.45) is -1.24. The van der Waals surface area contributed by atoms with E-state index < -0.39 is 44.5 Å². The second-order valence-electron chi connectivity index (χ2n) is 9.03. The highest BCUT2D eigenvalue weighted by Crippen LogP contribution is 2.46. The molecule has 3 unspecified atom stereocenters. The van der Waals surface area contributed by atoms with Gasteiger partial charge in [-0.3, -0.25) is 0 Å². The highest BCUT2D eigenvalue weighted by atomic mass is 35.5. The van der Waals surface area contributed by atoms with Gasteiger partial charge in [0.15, 0.2) is 15.6 Å². The number of esters is 1. The first-order valence-corrected chi connectivity index (χ1v) is 12.7. The van der Waals surface area contributed by atoms with Gasteiger partial charge in [-0.1, -0.05) is 35.3 Å². The van der Waals surface area contributed by atoms with Crippen LogP contribution in [0.15, 0.2) is 29.5 Å². The van der Waals surface area contributed by atoms with Gasteiger partial charge in [-0.2, -0.15) is 0 Å². The zero-order valence-corrected chi connectivity index (χ0v) is 20.9. The lowest BCUT2D eigenvalue weighted by Gasteiger charge is -2.45. The van der Waals surface area contributed by atoms with Crippen molar-refractivity contribution in [2.45, 2.75) is 50.2 Å². The molecule has 3 atom stereocenters. The number of allylic oxidation sites excluding steroid dienone is 1. The Kier molecular flexibility index (Phi) is 7.08. The van der Waals surface area contributed by atoms with E-state index in [9.17, 15) is 23.1 Å². The molecule has 1 aromatic carbocycles. The molecular weight excluding hydrogens is 495 g/mol. The lowest BCUT2D eigenvalue weighted by atomic mass is 9.79. The molecule has 2 aliphatic rings. The molecule has 0 aromatic heterocycles. The summed E-state index contributed by atoms with van der Waals surface area (Å²) in [4.78, 5) is 25.3. The van der Waals surface area contributed by atoms with Gasteiger partial charge in [-0.05, 0) is 39.3 Å². The molecule has 1 fully saturated rings. The number of aliphatic hydroxyl groups is 1. The number of hydrogen-bond donors (Lipinski definition) is 3. The van der Waals surface area contributed by atoms with Crippen molar-refractivity contribution < 1.29 is 32.6 Å². The zero-order chi connectivity index (χ0) is 24.8. The Morgan fingerprint density at radius 2 is 1.91 bits per heavy atom. The van der Waals surface area contributed by atoms with Crippen LogP contribution in [0.2, 0.25) is 10.0 Å². The molecule has 33 heavy (non-hydrogen) atoms. The summed E-state index contributed by atoms with van der Waals surface area (Å²) in [6, 6.07) is 4.59. The smallest absolute Gasteiger partial charge is 0.428 e. The summed E-state index contributed by atoms with van der Waals surface area (Å²) >= 11 is 12.6. The zero-order valence-electron chi connectivity index (χ0n) is 18.6. The molecule has 12 heteroatoms. The minimum atomic E-state index is -3.99. The SMILES string of the molecule is CC1=C(C(=O)OC(=O)OC(C)(C)C)C(c2cccc(Cl)c2Cl)C2C(O)(CNCCS2(=O)=O)N1. The lowest BCUT2D eigenvalue weighted by Crippen LogP contribution is -2.65. The Balaban J connectivity index is 2.19. The van der Waals surface area contributed by atoms with Gasteiger partial charge < -0.3 is 25.2 Å². The van der Waals surface area contributed by atoms with Crippen LogP contribution in [0.1, 0.15) is 39.2 Å². The first-order valence-electron chi connectivity index (χ1n) is 10.2. The molecular formula is C21H26Cl2N2O7S. The Hall–Kier alpha value is -1.85. The van der Waals surface area contributed by atoms with Gasteiger partial charge in [0, 0.05) is 24.7 Å². The minimum absolute atomic E-state index is 0.0243. The maximum absolute atomic E-state index is 13.3. The highest BCUT2D eigenvalue weighted by molar-refractivity contribution is 7.92. The first kappa shape index (κ1) is 25.8. The van der Waals surface area contributed by atoms with E-state index in [0.29, 0.717) is 0 Å². The van der Waals surface area contributed by atoms with Crippen LogP contribution in [-0.4, -0.2) is 61.1 Å². The number of fused-ring (bicyclic) bond motifs is 1. The van der Waals surface area contributed by atoms with Crippen molar-refractivity contribution in [2.24, 2.45) is 0 Å². The predicted molar refractivity (Wildman–Crippen MR) is 123 cm³/mol. The van der Waals surface area contributed by atoms with Gasteiger partial charge in [-0.15, -0.1) is 0 Å². The third kappa shape index (κ3) is 5.30. The summed E-state index contributed by atoms with van der Waals surface area (Å²) in [5.74, 6) is -2.68. The van der Waals surface area contributed by atoms with Crippen molar-refractivity contribution in [3.63, 3.8) is 0 Å². The van der Waals surface area contributed by atoms with Gasteiger partial charge in [0.25, 0.3) is 0 Å². The van der Waals surface area contributed by atoms with E-state index >= 15 is 0 Å². The second-order valence-corrected chi connectivity index (χ2v) is 12.1. The van der Waals surface area contributed by atoms with E-state index in [1.54, 1.807) is 26.8 Å². The van der Waals surface area contributed by atoms with Crippen LogP contribution in [0.3, 0.4) is 0 Å². The fraction of sp³-hybridized carbons (Fsp3) is 0.524. The molecule has 0 bridgehead atoms. The van der Waals surface area contributed by atoms with Crippen molar-refractivity contribution in [3.05, 3.63) is 45.1 Å². The molecule has 0 saturated carbocycles. The summed E-state index contributed by atoms with van der Waals surface area (Å²) in [6.45, 7) is 6.28. The molecule has 1 aromatic rings. The summed E-state index contributed by atoms with van der Waals surface area (Å²) in [5, 5.41) is 15.7. The van der Waals surface area contributed by atoms with Crippen LogP contribution in [0, 0.1) is 0 Å². The number of ether oxygens (including phenoxy) is 2. The number of β-amino-alcohol motifs (C(OH)–C–C–N with tert-alkyl or cyclic N) is 1. The average Bonchev–Trinajstić information content (AvgIpc) is 2.76. The first-order chi connectivity index (χ1) is 15.2. The maximum atomic E-state index is 13.3. The van der Waals surface area contributed by atoms with E-state index in [-0.39, 0.29) is 45.7 Å². The largest absolute Gasteiger partial charge is 0.516 e. The van der Waals surface area contributed by atoms with Crippen LogP contribution in [0.5, 0.6) is 0 Å². The summed E-state index contributed by atoms with van der Waals surface area (Å²) in [5.41, 5.74) is -2.73. The fourth-order valence-corrected chi connectivity index (χ4v) is 6.70. The van der Waals surface area contributed by atoms with Crippen LogP contribution in [0.25, 0.3) is 0 Å². The number of nitrogens with one attached hydrogen (secondary N) is 2. The van der Waals surface area contributed by atoms with Crippen molar-refractivity contribution in [1.29, 1.82) is 0 Å². The normalized spacial score (nSPS) is 27.1. The van der Waals surface area contributed by atoms with E-state index in [2.05, 4.69) is 10.6 Å². The van der Waals surface area contributed by atoms with E-state index in [0.717, 1.165) is 0 Å². The van der Waals surface area contributed by atoms with Gasteiger partial charge in [0.05, 0.1) is 21.4 Å². The molecule has 9 nitrogen and oxygen atoms in total. The van der Waals surface area contributed by atoms with Crippen LogP contribution < -0.4 is 10.6 Å². The molecule has 1 saturated heterocycles. The Labute approximate surface area is 202 Å². The van der Waals surface area contributed by atoms with Gasteiger partial charge in [0.1, 0.15) is 10.9 Å². The number of hydrogen-bond acceptors (Lipinski definition) is 9. The summed E-state index contributed by atoms with van der Waals surface area (Å²) < 4.78 is 36.6.